The molecule has 1 fully saturated rings. The lowest BCUT2D eigenvalue weighted by atomic mass is 9.80. The van der Waals surface area contributed by atoms with Crippen molar-refractivity contribution in [3.05, 3.63) is 0 Å². The van der Waals surface area contributed by atoms with Crippen molar-refractivity contribution in [2.75, 3.05) is 13.2 Å². The molecule has 6 nitrogen and oxygen atoms in total. The monoisotopic (exact) mass is 301 g/mol. The van der Waals surface area contributed by atoms with E-state index in [1.54, 1.807) is 27.7 Å². The zero-order chi connectivity index (χ0) is 16.5. The zero-order valence-electron chi connectivity index (χ0n) is 13.9. The molecule has 0 saturated carbocycles. The van der Waals surface area contributed by atoms with Crippen molar-refractivity contribution in [2.45, 2.75) is 71.1 Å². The molecular weight excluding hydrogens is 274 g/mol. The SMILES string of the molecule is CCN(C(=O)OC(C)(C)C)C1(C(=O)O)CCOC(C)(C)C1. The number of hydrogen-bond acceptors (Lipinski definition) is 4. The quantitative estimate of drug-likeness (QED) is 0.867. The van der Waals surface area contributed by atoms with E-state index in [9.17, 15) is 14.7 Å². The molecule has 1 saturated heterocycles. The van der Waals surface area contributed by atoms with Gasteiger partial charge in [0.1, 0.15) is 11.1 Å². The molecule has 1 amide bonds. The molecule has 0 radical (unpaired) electrons. The summed E-state index contributed by atoms with van der Waals surface area (Å²) in [5, 5.41) is 9.76. The number of carbonyl (C=O) groups is 2. The minimum atomic E-state index is -1.28. The Labute approximate surface area is 126 Å². The van der Waals surface area contributed by atoms with Crippen LogP contribution in [0.1, 0.15) is 54.4 Å². The first-order valence-electron chi connectivity index (χ1n) is 7.31. The highest BCUT2D eigenvalue weighted by atomic mass is 16.6. The van der Waals surface area contributed by atoms with Crippen molar-refractivity contribution >= 4 is 12.1 Å². The van der Waals surface area contributed by atoms with Crippen LogP contribution in [-0.4, -0.2) is 52.0 Å². The molecule has 0 aliphatic carbocycles. The molecular formula is C15H27NO5. The Morgan fingerprint density at radius 2 is 1.90 bits per heavy atom. The van der Waals surface area contributed by atoms with E-state index in [1.807, 2.05) is 13.8 Å². The molecule has 1 rings (SSSR count). The lowest BCUT2D eigenvalue weighted by Gasteiger charge is -2.47. The third-order valence-electron chi connectivity index (χ3n) is 3.57. The average Bonchev–Trinajstić information content (AvgIpc) is 2.25. The third-order valence-corrected chi connectivity index (χ3v) is 3.57. The Hall–Kier alpha value is -1.30. The molecule has 0 spiro atoms. The highest BCUT2D eigenvalue weighted by molar-refractivity contribution is 5.85. The largest absolute Gasteiger partial charge is 0.479 e. The maximum absolute atomic E-state index is 12.4. The highest BCUT2D eigenvalue weighted by Crippen LogP contribution is 2.37. The number of amides is 1. The predicted octanol–water partition coefficient (Wildman–Crippen LogP) is 2.66. The maximum Gasteiger partial charge on any atom is 0.411 e. The van der Waals surface area contributed by atoms with E-state index in [4.69, 9.17) is 9.47 Å². The lowest BCUT2D eigenvalue weighted by molar-refractivity contribution is -0.170. The van der Waals surface area contributed by atoms with Gasteiger partial charge in [0.05, 0.1) is 12.2 Å². The van der Waals surface area contributed by atoms with Crippen LogP contribution in [-0.2, 0) is 14.3 Å². The molecule has 122 valence electrons. The predicted molar refractivity (Wildman–Crippen MR) is 78.2 cm³/mol. The van der Waals surface area contributed by atoms with E-state index in [2.05, 4.69) is 0 Å². The van der Waals surface area contributed by atoms with Crippen LogP contribution in [0.15, 0.2) is 0 Å². The van der Waals surface area contributed by atoms with Gasteiger partial charge < -0.3 is 14.6 Å². The molecule has 0 bridgehead atoms. The minimum Gasteiger partial charge on any atom is -0.479 e. The summed E-state index contributed by atoms with van der Waals surface area (Å²) in [7, 11) is 0. The highest BCUT2D eigenvalue weighted by Gasteiger charge is 2.53. The molecule has 21 heavy (non-hydrogen) atoms. The van der Waals surface area contributed by atoms with Crippen molar-refractivity contribution in [1.82, 2.24) is 4.90 Å². The van der Waals surface area contributed by atoms with Crippen LogP contribution in [0.4, 0.5) is 4.79 Å². The summed E-state index contributed by atoms with van der Waals surface area (Å²) in [6.07, 6.45) is -0.0912. The van der Waals surface area contributed by atoms with Crippen LogP contribution in [0.5, 0.6) is 0 Å². The van der Waals surface area contributed by atoms with Gasteiger partial charge in [-0.25, -0.2) is 9.59 Å². The molecule has 0 aromatic carbocycles. The molecule has 1 aliphatic rings. The van der Waals surface area contributed by atoms with Gasteiger partial charge in [-0.2, -0.15) is 0 Å². The Kier molecular flexibility index (Phi) is 4.93. The molecule has 1 unspecified atom stereocenters. The van der Waals surface area contributed by atoms with Gasteiger partial charge in [0.2, 0.25) is 0 Å². The van der Waals surface area contributed by atoms with Gasteiger partial charge in [0.15, 0.2) is 0 Å². The van der Waals surface area contributed by atoms with Gasteiger partial charge >= 0.3 is 12.1 Å². The summed E-state index contributed by atoms with van der Waals surface area (Å²) < 4.78 is 11.0. The lowest BCUT2D eigenvalue weighted by Crippen LogP contribution is -2.63. The van der Waals surface area contributed by atoms with Gasteiger partial charge in [-0.1, -0.05) is 0 Å². The van der Waals surface area contributed by atoms with Crippen molar-refractivity contribution in [1.29, 1.82) is 0 Å². The van der Waals surface area contributed by atoms with Gasteiger partial charge in [-0.3, -0.25) is 4.90 Å². The Morgan fingerprint density at radius 3 is 2.29 bits per heavy atom. The molecule has 6 heteroatoms. The van der Waals surface area contributed by atoms with Crippen LogP contribution in [0.2, 0.25) is 0 Å². The first-order chi connectivity index (χ1) is 9.43. The van der Waals surface area contributed by atoms with E-state index in [1.165, 1.54) is 4.90 Å². The molecule has 0 aromatic heterocycles. The summed E-state index contributed by atoms with van der Waals surface area (Å²) in [5.41, 5.74) is -2.53. The number of aliphatic carboxylic acids is 1. The molecule has 1 heterocycles. The standard InChI is InChI=1S/C15H27NO5/c1-7-16(12(19)21-13(2,3)4)15(11(17)18)8-9-20-14(5,6)10-15/h7-10H2,1-6H3,(H,17,18). The summed E-state index contributed by atoms with van der Waals surface area (Å²) in [4.78, 5) is 25.7. The smallest absolute Gasteiger partial charge is 0.411 e. The fraction of sp³-hybridized carbons (Fsp3) is 0.867. The summed E-state index contributed by atoms with van der Waals surface area (Å²) in [5.74, 6) is -1.01. The number of hydrogen-bond donors (Lipinski definition) is 1. The second-order valence-corrected chi connectivity index (χ2v) is 7.10. The number of nitrogens with zero attached hydrogens (tertiary/aromatic N) is 1. The average molecular weight is 301 g/mol. The van der Waals surface area contributed by atoms with Gasteiger partial charge in [-0.05, 0) is 41.5 Å². The number of carboxylic acid groups (broad SMARTS) is 1. The minimum absolute atomic E-state index is 0.239. The molecule has 1 atom stereocenters. The summed E-state index contributed by atoms with van der Waals surface area (Å²) >= 11 is 0. The fourth-order valence-corrected chi connectivity index (χ4v) is 2.79. The Morgan fingerprint density at radius 1 is 1.33 bits per heavy atom. The van der Waals surface area contributed by atoms with Gasteiger partial charge in [0.25, 0.3) is 0 Å². The zero-order valence-corrected chi connectivity index (χ0v) is 13.9. The van der Waals surface area contributed by atoms with E-state index in [0.29, 0.717) is 6.61 Å². The first-order valence-corrected chi connectivity index (χ1v) is 7.31. The van der Waals surface area contributed by atoms with Crippen LogP contribution in [0.25, 0.3) is 0 Å². The maximum atomic E-state index is 12.4. The molecule has 0 aromatic rings. The van der Waals surface area contributed by atoms with Crippen molar-refractivity contribution < 1.29 is 24.2 Å². The summed E-state index contributed by atoms with van der Waals surface area (Å²) in [6, 6.07) is 0. The van der Waals surface area contributed by atoms with Crippen LogP contribution in [0, 0.1) is 0 Å². The normalized spacial score (nSPS) is 25.2. The molecule has 1 aliphatic heterocycles. The topological polar surface area (TPSA) is 76.1 Å². The number of rotatable bonds is 3. The second-order valence-electron chi connectivity index (χ2n) is 7.10. The number of ether oxygens (including phenoxy) is 2. The first kappa shape index (κ1) is 17.8. The van der Waals surface area contributed by atoms with Crippen LogP contribution >= 0.6 is 0 Å². The van der Waals surface area contributed by atoms with Crippen LogP contribution < -0.4 is 0 Å². The van der Waals surface area contributed by atoms with E-state index >= 15 is 0 Å². The third kappa shape index (κ3) is 4.09. The van der Waals surface area contributed by atoms with Gasteiger partial charge in [-0.15, -0.1) is 0 Å². The van der Waals surface area contributed by atoms with E-state index in [-0.39, 0.29) is 19.4 Å². The Bertz CT molecular complexity index is 413. The number of carboxylic acids is 1. The van der Waals surface area contributed by atoms with Crippen molar-refractivity contribution in [2.24, 2.45) is 0 Å². The summed E-state index contributed by atoms with van der Waals surface area (Å²) in [6.45, 7) is 11.3. The van der Waals surface area contributed by atoms with Gasteiger partial charge in [0, 0.05) is 19.4 Å². The van der Waals surface area contributed by atoms with Crippen molar-refractivity contribution in [3.63, 3.8) is 0 Å². The molecule has 1 N–H and O–H groups in total. The van der Waals surface area contributed by atoms with E-state index < -0.39 is 28.8 Å². The van der Waals surface area contributed by atoms with Crippen LogP contribution in [0.3, 0.4) is 0 Å². The number of carbonyl (C=O) groups excluding carboxylic acids is 1. The second kappa shape index (κ2) is 5.83. The fourth-order valence-electron chi connectivity index (χ4n) is 2.79. The Balaban J connectivity index is 3.12. The number of likely N-dealkylation sites (N-methyl/N-ethyl adjacent to an activating group) is 1. The van der Waals surface area contributed by atoms with E-state index in [0.717, 1.165) is 0 Å². The van der Waals surface area contributed by atoms with Crippen molar-refractivity contribution in [3.8, 4) is 0 Å².